The summed E-state index contributed by atoms with van der Waals surface area (Å²) in [5, 5.41) is 0. The Hall–Kier alpha value is -0.250. The van der Waals surface area contributed by atoms with Crippen LogP contribution in [0.25, 0.3) is 0 Å². The Labute approximate surface area is 88.6 Å². The Kier molecular flexibility index (Phi) is 3.24. The largest absolute Gasteiger partial charge is 0.303 e. The van der Waals surface area contributed by atoms with Gasteiger partial charge >= 0.3 is 0 Å². The highest BCUT2D eigenvalue weighted by molar-refractivity contribution is 4.88. The molecule has 15 heavy (non-hydrogen) atoms. The predicted octanol–water partition coefficient (Wildman–Crippen LogP) is 2.71. The fourth-order valence-corrected chi connectivity index (χ4v) is 2.60. The summed E-state index contributed by atoms with van der Waals surface area (Å²) in [5.74, 6) is -2.02. The van der Waals surface area contributed by atoms with E-state index in [4.69, 9.17) is 0 Å². The summed E-state index contributed by atoms with van der Waals surface area (Å²) in [6, 6.07) is 0. The molecule has 1 saturated heterocycles. The van der Waals surface area contributed by atoms with Crippen molar-refractivity contribution in [2.45, 2.75) is 31.6 Å². The summed E-state index contributed by atoms with van der Waals surface area (Å²) < 4.78 is 37.5. The maximum Gasteiger partial charge on any atom is 0.248 e. The zero-order valence-electron chi connectivity index (χ0n) is 8.89. The van der Waals surface area contributed by atoms with Crippen LogP contribution in [0.4, 0.5) is 13.2 Å². The first-order chi connectivity index (χ1) is 7.09. The third kappa shape index (κ3) is 2.86. The van der Waals surface area contributed by atoms with Crippen LogP contribution in [0.3, 0.4) is 0 Å². The van der Waals surface area contributed by atoms with Crippen molar-refractivity contribution in [3.8, 4) is 0 Å². The Bertz CT molecular complexity index is 204. The maximum atomic E-state index is 12.6. The van der Waals surface area contributed by atoms with Gasteiger partial charge in [-0.05, 0) is 37.8 Å². The van der Waals surface area contributed by atoms with Gasteiger partial charge in [0.15, 0.2) is 0 Å². The normalized spacial score (nSPS) is 29.0. The lowest BCUT2D eigenvalue weighted by molar-refractivity contribution is -0.117. The molecule has 0 bridgehead atoms. The van der Waals surface area contributed by atoms with Crippen molar-refractivity contribution in [2.24, 2.45) is 11.8 Å². The molecule has 0 spiro atoms. The van der Waals surface area contributed by atoms with Crippen LogP contribution in [-0.4, -0.2) is 37.1 Å². The van der Waals surface area contributed by atoms with Crippen LogP contribution in [0.2, 0.25) is 0 Å². The topological polar surface area (TPSA) is 3.24 Å². The fraction of sp³-hybridized carbons (Fsp3) is 1.00. The van der Waals surface area contributed by atoms with Crippen LogP contribution in [0, 0.1) is 11.8 Å². The zero-order chi connectivity index (χ0) is 10.9. The number of hydrogen-bond acceptors (Lipinski definition) is 1. The van der Waals surface area contributed by atoms with Gasteiger partial charge in [-0.2, -0.15) is 0 Å². The number of hydrogen-bond donors (Lipinski definition) is 0. The van der Waals surface area contributed by atoms with Gasteiger partial charge in [0.2, 0.25) is 5.92 Å². The molecule has 1 nitrogen and oxygen atoms in total. The lowest BCUT2D eigenvalue weighted by Crippen LogP contribution is -2.45. The van der Waals surface area contributed by atoms with E-state index in [1.54, 1.807) is 0 Å². The molecule has 0 radical (unpaired) electrons. The molecule has 1 aliphatic carbocycles. The van der Waals surface area contributed by atoms with E-state index in [9.17, 15) is 13.2 Å². The molecule has 1 heterocycles. The quantitative estimate of drug-likeness (QED) is 0.708. The van der Waals surface area contributed by atoms with E-state index in [0.717, 1.165) is 32.5 Å². The third-order valence-corrected chi connectivity index (χ3v) is 3.62. The minimum Gasteiger partial charge on any atom is -0.303 e. The minimum atomic E-state index is -2.40. The van der Waals surface area contributed by atoms with Crippen LogP contribution in [0.1, 0.15) is 25.7 Å². The maximum absolute atomic E-state index is 12.6. The van der Waals surface area contributed by atoms with Crippen LogP contribution < -0.4 is 0 Å². The van der Waals surface area contributed by atoms with Gasteiger partial charge in [-0.25, -0.2) is 8.78 Å². The molecule has 2 rings (SSSR count). The smallest absolute Gasteiger partial charge is 0.248 e. The Morgan fingerprint density at radius 3 is 2.13 bits per heavy atom. The first kappa shape index (κ1) is 11.2. The second kappa shape index (κ2) is 4.32. The highest BCUT2D eigenvalue weighted by Gasteiger charge is 2.45. The highest BCUT2D eigenvalue weighted by Crippen LogP contribution is 2.42. The molecule has 88 valence electrons. The summed E-state index contributed by atoms with van der Waals surface area (Å²) in [6.45, 7) is 2.33. The monoisotopic (exact) mass is 221 g/mol. The summed E-state index contributed by atoms with van der Waals surface area (Å²) in [7, 11) is 0. The standard InChI is InChI=1S/C11H18F3N/c12-7-9-1-3-15(4-2-9)8-10-5-11(13,14)6-10/h9-10H,1-8H2. The number of nitrogens with zero attached hydrogens (tertiary/aromatic N) is 1. The average Bonchev–Trinajstić information content (AvgIpc) is 2.16. The third-order valence-electron chi connectivity index (χ3n) is 3.62. The van der Waals surface area contributed by atoms with Crippen molar-refractivity contribution < 1.29 is 13.2 Å². The highest BCUT2D eigenvalue weighted by atomic mass is 19.3. The van der Waals surface area contributed by atoms with Gasteiger partial charge < -0.3 is 4.90 Å². The molecule has 0 unspecified atom stereocenters. The fourth-order valence-electron chi connectivity index (χ4n) is 2.60. The van der Waals surface area contributed by atoms with Gasteiger partial charge in [-0.1, -0.05) is 0 Å². The summed E-state index contributed by atoms with van der Waals surface area (Å²) in [5.41, 5.74) is 0. The molecule has 0 N–H and O–H groups in total. The lowest BCUT2D eigenvalue weighted by atomic mass is 9.80. The molecule has 0 aromatic heterocycles. The van der Waals surface area contributed by atoms with E-state index in [0.29, 0.717) is 0 Å². The number of alkyl halides is 3. The van der Waals surface area contributed by atoms with Crippen LogP contribution in [-0.2, 0) is 0 Å². The van der Waals surface area contributed by atoms with Gasteiger partial charge in [0.05, 0.1) is 6.67 Å². The molecule has 2 fully saturated rings. The van der Waals surface area contributed by atoms with Crippen molar-refractivity contribution >= 4 is 0 Å². The summed E-state index contributed by atoms with van der Waals surface area (Å²) >= 11 is 0. The molecule has 0 aromatic carbocycles. The van der Waals surface area contributed by atoms with Gasteiger partial charge in [0, 0.05) is 19.4 Å². The number of likely N-dealkylation sites (tertiary alicyclic amines) is 1. The molecular formula is C11H18F3N. The van der Waals surface area contributed by atoms with E-state index in [1.807, 2.05) is 0 Å². The first-order valence-corrected chi connectivity index (χ1v) is 5.75. The van der Waals surface area contributed by atoms with Crippen LogP contribution in [0.5, 0.6) is 0 Å². The zero-order valence-corrected chi connectivity index (χ0v) is 8.89. The lowest BCUT2D eigenvalue weighted by Gasteiger charge is -2.40. The molecule has 0 aromatic rings. The van der Waals surface area contributed by atoms with E-state index in [2.05, 4.69) is 4.90 Å². The SMILES string of the molecule is FCC1CCN(CC2CC(F)(F)C2)CC1. The Morgan fingerprint density at radius 1 is 1.07 bits per heavy atom. The van der Waals surface area contributed by atoms with Crippen molar-refractivity contribution in [3.63, 3.8) is 0 Å². The Balaban J connectivity index is 1.65. The summed E-state index contributed by atoms with van der Waals surface area (Å²) in [6.07, 6.45) is 1.88. The van der Waals surface area contributed by atoms with Gasteiger partial charge in [-0.15, -0.1) is 0 Å². The van der Waals surface area contributed by atoms with E-state index in [-0.39, 0.29) is 31.4 Å². The first-order valence-electron chi connectivity index (χ1n) is 5.75. The molecule has 2 aliphatic rings. The predicted molar refractivity (Wildman–Crippen MR) is 52.8 cm³/mol. The number of piperidine rings is 1. The van der Waals surface area contributed by atoms with Crippen molar-refractivity contribution in [2.75, 3.05) is 26.3 Å². The number of rotatable bonds is 3. The van der Waals surface area contributed by atoms with Crippen molar-refractivity contribution in [1.29, 1.82) is 0 Å². The van der Waals surface area contributed by atoms with E-state index >= 15 is 0 Å². The van der Waals surface area contributed by atoms with E-state index in [1.165, 1.54) is 0 Å². The average molecular weight is 221 g/mol. The molecule has 1 aliphatic heterocycles. The second-order valence-corrected chi connectivity index (χ2v) is 5.03. The molecule has 1 saturated carbocycles. The van der Waals surface area contributed by atoms with Gasteiger partial charge in [0.25, 0.3) is 0 Å². The minimum absolute atomic E-state index is 0.0516. The second-order valence-electron chi connectivity index (χ2n) is 5.03. The Morgan fingerprint density at radius 2 is 1.67 bits per heavy atom. The van der Waals surface area contributed by atoms with Crippen LogP contribution >= 0.6 is 0 Å². The van der Waals surface area contributed by atoms with Gasteiger partial charge in [-0.3, -0.25) is 4.39 Å². The molecule has 4 heteroatoms. The van der Waals surface area contributed by atoms with E-state index < -0.39 is 5.92 Å². The van der Waals surface area contributed by atoms with Crippen LogP contribution in [0.15, 0.2) is 0 Å². The molecular weight excluding hydrogens is 203 g/mol. The van der Waals surface area contributed by atoms with Crippen molar-refractivity contribution in [1.82, 2.24) is 4.90 Å². The van der Waals surface area contributed by atoms with Crippen molar-refractivity contribution in [3.05, 3.63) is 0 Å². The number of halogens is 3. The van der Waals surface area contributed by atoms with Gasteiger partial charge in [0.1, 0.15) is 0 Å². The molecule has 0 atom stereocenters. The molecule has 0 amide bonds. The summed E-state index contributed by atoms with van der Waals surface area (Å²) in [4.78, 5) is 2.21.